The van der Waals surface area contributed by atoms with Crippen LogP contribution in [0, 0.1) is 0 Å². The second kappa shape index (κ2) is 5.85. The van der Waals surface area contributed by atoms with Crippen LogP contribution in [0.3, 0.4) is 0 Å². The molecule has 0 bridgehead atoms. The van der Waals surface area contributed by atoms with E-state index in [1.165, 1.54) is 14.4 Å². The normalized spacial score (nSPS) is 12.3. The largest absolute Gasteiger partial charge is 0.378 e. The van der Waals surface area contributed by atoms with Crippen molar-refractivity contribution in [1.29, 1.82) is 0 Å². The summed E-state index contributed by atoms with van der Waals surface area (Å²) in [6, 6.07) is 17.1. The van der Waals surface area contributed by atoms with Gasteiger partial charge < -0.3 is 9.88 Å². The van der Waals surface area contributed by atoms with Crippen LogP contribution in [0.5, 0.6) is 0 Å². The lowest BCUT2D eigenvalue weighted by Crippen LogP contribution is -2.05. The fraction of sp³-hybridized carbons (Fsp3) is 0.125. The maximum absolute atomic E-state index is 3.55. The van der Waals surface area contributed by atoms with Gasteiger partial charge in [-0.15, -0.1) is 11.3 Å². The number of hydrogen-bond donors (Lipinski definition) is 1. The first-order valence-electron chi connectivity index (χ1n) is 6.47. The molecule has 0 spiro atoms. The lowest BCUT2D eigenvalue weighted by molar-refractivity contribution is 0.907. The van der Waals surface area contributed by atoms with E-state index < -0.39 is 0 Å². The number of thiophene rings is 1. The quantitative estimate of drug-likeness (QED) is 0.662. The van der Waals surface area contributed by atoms with E-state index in [0.717, 1.165) is 5.69 Å². The second-order valence-corrected chi connectivity index (χ2v) is 7.14. The molecule has 0 saturated heterocycles. The van der Waals surface area contributed by atoms with Crippen LogP contribution in [-0.4, -0.2) is 4.57 Å². The fourth-order valence-corrected chi connectivity index (χ4v) is 3.57. The molecule has 4 heteroatoms. The van der Waals surface area contributed by atoms with Crippen LogP contribution < -0.4 is 5.32 Å². The van der Waals surface area contributed by atoms with Gasteiger partial charge in [-0.2, -0.15) is 0 Å². The zero-order chi connectivity index (χ0) is 13.9. The van der Waals surface area contributed by atoms with Crippen molar-refractivity contribution in [1.82, 2.24) is 4.57 Å². The number of hydrogen-bond acceptors (Lipinski definition) is 2. The van der Waals surface area contributed by atoms with Crippen LogP contribution in [0.25, 0.3) is 5.69 Å². The van der Waals surface area contributed by atoms with E-state index in [2.05, 4.69) is 81.5 Å². The standard InChI is InChI=1S/C16H15BrN2S/c1-12(15-7-8-16(17)20-15)18-13-5-4-6-14(11-13)19-9-2-3-10-19/h2-12,18H,1H3. The van der Waals surface area contributed by atoms with Gasteiger partial charge >= 0.3 is 0 Å². The van der Waals surface area contributed by atoms with Gasteiger partial charge in [-0.1, -0.05) is 6.07 Å². The number of nitrogens with one attached hydrogen (secondary N) is 1. The van der Waals surface area contributed by atoms with Gasteiger partial charge in [-0.3, -0.25) is 0 Å². The number of rotatable bonds is 4. The maximum Gasteiger partial charge on any atom is 0.0702 e. The molecule has 2 aromatic heterocycles. The summed E-state index contributed by atoms with van der Waals surface area (Å²) in [5, 5.41) is 3.55. The highest BCUT2D eigenvalue weighted by molar-refractivity contribution is 9.11. The molecule has 1 N–H and O–H groups in total. The second-order valence-electron chi connectivity index (χ2n) is 4.65. The molecule has 0 amide bonds. The van der Waals surface area contributed by atoms with E-state index in [-0.39, 0.29) is 0 Å². The third-order valence-corrected chi connectivity index (χ3v) is 4.96. The Bertz CT molecular complexity index is 688. The summed E-state index contributed by atoms with van der Waals surface area (Å²) in [5.74, 6) is 0. The minimum Gasteiger partial charge on any atom is -0.378 e. The van der Waals surface area contributed by atoms with Gasteiger partial charge in [0.25, 0.3) is 0 Å². The van der Waals surface area contributed by atoms with Gasteiger partial charge in [-0.25, -0.2) is 0 Å². The molecule has 0 radical (unpaired) electrons. The van der Waals surface area contributed by atoms with E-state index >= 15 is 0 Å². The lowest BCUT2D eigenvalue weighted by atomic mass is 10.2. The van der Waals surface area contributed by atoms with Crippen molar-refractivity contribution in [3.05, 3.63) is 69.6 Å². The molecule has 1 atom stereocenters. The lowest BCUT2D eigenvalue weighted by Gasteiger charge is -2.15. The highest BCUT2D eigenvalue weighted by Crippen LogP contribution is 2.29. The third-order valence-electron chi connectivity index (χ3n) is 3.15. The van der Waals surface area contributed by atoms with Crippen molar-refractivity contribution < 1.29 is 0 Å². The van der Waals surface area contributed by atoms with Crippen LogP contribution in [0.15, 0.2) is 64.7 Å². The van der Waals surface area contributed by atoms with Crippen LogP contribution in [0.1, 0.15) is 17.8 Å². The summed E-state index contributed by atoms with van der Waals surface area (Å²) in [5.41, 5.74) is 2.30. The summed E-state index contributed by atoms with van der Waals surface area (Å²) in [6.07, 6.45) is 4.11. The summed E-state index contributed by atoms with van der Waals surface area (Å²) < 4.78 is 3.28. The van der Waals surface area contributed by atoms with Crippen molar-refractivity contribution in [2.24, 2.45) is 0 Å². The van der Waals surface area contributed by atoms with Crippen LogP contribution in [-0.2, 0) is 0 Å². The van der Waals surface area contributed by atoms with Gasteiger partial charge in [-0.05, 0) is 65.3 Å². The summed E-state index contributed by atoms with van der Waals surface area (Å²) in [6.45, 7) is 2.18. The molecule has 0 saturated carbocycles. The SMILES string of the molecule is CC(Nc1cccc(-n2cccc2)c1)c1ccc(Br)s1. The molecule has 102 valence electrons. The zero-order valence-electron chi connectivity index (χ0n) is 11.1. The van der Waals surface area contributed by atoms with Crippen LogP contribution in [0.4, 0.5) is 5.69 Å². The molecule has 2 nitrogen and oxygen atoms in total. The van der Waals surface area contributed by atoms with Crippen molar-refractivity contribution in [2.45, 2.75) is 13.0 Å². The third kappa shape index (κ3) is 2.97. The first-order valence-corrected chi connectivity index (χ1v) is 8.08. The molecule has 20 heavy (non-hydrogen) atoms. The predicted molar refractivity (Wildman–Crippen MR) is 89.8 cm³/mol. The number of anilines is 1. The van der Waals surface area contributed by atoms with Crippen molar-refractivity contribution in [3.8, 4) is 5.69 Å². The molecule has 0 aliphatic carbocycles. The van der Waals surface area contributed by atoms with Crippen LogP contribution in [0.2, 0.25) is 0 Å². The number of benzene rings is 1. The Hall–Kier alpha value is -1.52. The Balaban J connectivity index is 1.79. The predicted octanol–water partition coefficient (Wildman–Crippen LogP) is 5.47. The Morgan fingerprint density at radius 1 is 1.10 bits per heavy atom. The molecule has 0 aliphatic rings. The smallest absolute Gasteiger partial charge is 0.0702 e. The topological polar surface area (TPSA) is 17.0 Å². The van der Waals surface area contributed by atoms with E-state index in [4.69, 9.17) is 0 Å². The minimum absolute atomic E-state index is 0.297. The molecule has 2 heterocycles. The maximum atomic E-state index is 3.55. The minimum atomic E-state index is 0.297. The van der Waals surface area contributed by atoms with Crippen molar-refractivity contribution in [2.75, 3.05) is 5.32 Å². The average molecular weight is 347 g/mol. The van der Waals surface area contributed by atoms with Gasteiger partial charge in [0, 0.05) is 28.6 Å². The van der Waals surface area contributed by atoms with Crippen molar-refractivity contribution >= 4 is 33.0 Å². The molecule has 1 aromatic carbocycles. The molecule has 3 aromatic rings. The first-order chi connectivity index (χ1) is 9.72. The number of nitrogens with zero attached hydrogens (tertiary/aromatic N) is 1. The monoisotopic (exact) mass is 346 g/mol. The summed E-state index contributed by atoms with van der Waals surface area (Å²) in [7, 11) is 0. The van der Waals surface area contributed by atoms with E-state index in [0.29, 0.717) is 6.04 Å². The summed E-state index contributed by atoms with van der Waals surface area (Å²) >= 11 is 5.28. The highest BCUT2D eigenvalue weighted by atomic mass is 79.9. The molecular weight excluding hydrogens is 332 g/mol. The Kier molecular flexibility index (Phi) is 3.94. The Labute approximate surface area is 131 Å². The average Bonchev–Trinajstić information content (AvgIpc) is 3.10. The molecular formula is C16H15BrN2S. The molecule has 1 unspecified atom stereocenters. The zero-order valence-corrected chi connectivity index (χ0v) is 13.5. The van der Waals surface area contributed by atoms with Gasteiger partial charge in [0.1, 0.15) is 0 Å². The van der Waals surface area contributed by atoms with Crippen molar-refractivity contribution in [3.63, 3.8) is 0 Å². The van der Waals surface area contributed by atoms with E-state index in [9.17, 15) is 0 Å². The van der Waals surface area contributed by atoms with Gasteiger partial charge in [0.05, 0.1) is 9.83 Å². The molecule has 3 rings (SSSR count). The van der Waals surface area contributed by atoms with Gasteiger partial charge in [0.15, 0.2) is 0 Å². The number of aromatic nitrogens is 1. The van der Waals surface area contributed by atoms with E-state index in [1.54, 1.807) is 11.3 Å². The molecule has 0 fully saturated rings. The fourth-order valence-electron chi connectivity index (χ4n) is 2.15. The molecule has 0 aliphatic heterocycles. The first kappa shape index (κ1) is 13.5. The van der Waals surface area contributed by atoms with E-state index in [1.807, 2.05) is 12.1 Å². The Morgan fingerprint density at radius 2 is 1.90 bits per heavy atom. The van der Waals surface area contributed by atoms with Crippen LogP contribution >= 0.6 is 27.3 Å². The van der Waals surface area contributed by atoms with Gasteiger partial charge in [0.2, 0.25) is 0 Å². The number of halogens is 1. The Morgan fingerprint density at radius 3 is 2.60 bits per heavy atom. The highest BCUT2D eigenvalue weighted by Gasteiger charge is 2.08. The summed E-state index contributed by atoms with van der Waals surface area (Å²) in [4.78, 5) is 1.32.